The van der Waals surface area contributed by atoms with Crippen LogP contribution < -0.4 is 10.6 Å². The minimum atomic E-state index is -3.87. The average molecular weight is 473 g/mol. The topological polar surface area (TPSA) is 139 Å². The maximum absolute atomic E-state index is 15.3. The van der Waals surface area contributed by atoms with Crippen LogP contribution in [0.3, 0.4) is 0 Å². The summed E-state index contributed by atoms with van der Waals surface area (Å²) in [5.74, 6) is -2.86. The summed E-state index contributed by atoms with van der Waals surface area (Å²) >= 11 is 0. The van der Waals surface area contributed by atoms with Gasteiger partial charge in [-0.1, -0.05) is 6.92 Å². The lowest BCUT2D eigenvalue weighted by Crippen LogP contribution is -2.73. The second-order valence-electron chi connectivity index (χ2n) is 9.04. The van der Waals surface area contributed by atoms with Crippen LogP contribution in [0.25, 0.3) is 0 Å². The summed E-state index contributed by atoms with van der Waals surface area (Å²) in [5, 5.41) is 22.9. The molecule has 1 saturated heterocycles. The fourth-order valence-electron chi connectivity index (χ4n) is 5.18. The molecule has 2 unspecified atom stereocenters. The van der Waals surface area contributed by atoms with Gasteiger partial charge >= 0.3 is 0 Å². The molecule has 11 heteroatoms. The monoisotopic (exact) mass is 472 g/mol. The number of allylic oxidation sites excluding steroid dienone is 3. The zero-order chi connectivity index (χ0) is 24.3. The summed E-state index contributed by atoms with van der Waals surface area (Å²) in [6.45, 7) is 5.03. The number of carbonyl (C=O) groups excluding carboxylic acids is 1. The third-order valence-electron chi connectivity index (χ3n) is 7.21. The predicted octanol–water partition coefficient (Wildman–Crippen LogP) is 2.09. The van der Waals surface area contributed by atoms with Crippen molar-refractivity contribution in [2.75, 3.05) is 7.05 Å². The minimum absolute atomic E-state index is 0.139. The molecule has 3 atom stereocenters. The molecule has 4 rings (SSSR count). The van der Waals surface area contributed by atoms with Gasteiger partial charge in [-0.15, -0.1) is 0 Å². The van der Waals surface area contributed by atoms with Crippen LogP contribution in [0.1, 0.15) is 48.3 Å². The Morgan fingerprint density at radius 1 is 1.42 bits per heavy atom. The van der Waals surface area contributed by atoms with Crippen LogP contribution in [0, 0.1) is 35.5 Å². The van der Waals surface area contributed by atoms with Crippen molar-refractivity contribution in [3.8, 4) is 6.07 Å². The Kier molecular flexibility index (Phi) is 5.13. The number of halogens is 1. The van der Waals surface area contributed by atoms with E-state index in [1.54, 1.807) is 26.8 Å². The molecule has 2 heterocycles. The Labute approximate surface area is 191 Å². The van der Waals surface area contributed by atoms with Gasteiger partial charge in [0.15, 0.2) is 0 Å². The second kappa shape index (κ2) is 7.38. The molecule has 1 aromatic heterocycles. The first-order valence-corrected chi connectivity index (χ1v) is 11.9. The summed E-state index contributed by atoms with van der Waals surface area (Å²) in [6, 6.07) is 3.52. The van der Waals surface area contributed by atoms with Crippen LogP contribution in [-0.2, 0) is 10.0 Å². The van der Waals surface area contributed by atoms with Crippen molar-refractivity contribution in [3.05, 3.63) is 52.8 Å². The molecule has 174 valence electrons. The maximum Gasteiger partial charge on any atom is 0.274 e. The number of pyridine rings is 1. The molecular formula is C22H25FN6O3S. The molecule has 33 heavy (non-hydrogen) atoms. The van der Waals surface area contributed by atoms with E-state index in [0.29, 0.717) is 29.7 Å². The lowest BCUT2D eigenvalue weighted by molar-refractivity contribution is 0.0946. The fraction of sp³-hybridized carbons (Fsp3) is 0.455. The maximum atomic E-state index is 15.3. The first kappa shape index (κ1) is 22.9. The van der Waals surface area contributed by atoms with Crippen LogP contribution in [0.15, 0.2) is 35.9 Å². The molecule has 3 N–H and O–H groups in total. The van der Waals surface area contributed by atoms with E-state index in [1.165, 1.54) is 25.4 Å². The molecule has 2 aliphatic carbocycles. The van der Waals surface area contributed by atoms with Gasteiger partial charge in [0.2, 0.25) is 16.0 Å². The summed E-state index contributed by atoms with van der Waals surface area (Å²) in [6.07, 6.45) is 4.71. The first-order valence-electron chi connectivity index (χ1n) is 10.5. The number of nitriles is 1. The van der Waals surface area contributed by atoms with Gasteiger partial charge in [0.25, 0.3) is 5.91 Å². The van der Waals surface area contributed by atoms with Crippen LogP contribution >= 0.6 is 0 Å². The summed E-state index contributed by atoms with van der Waals surface area (Å²) in [7, 11) is -2.55. The number of aryl methyl sites for hydroxylation is 1. The number of amides is 1. The summed E-state index contributed by atoms with van der Waals surface area (Å²) < 4.78 is 41.4. The van der Waals surface area contributed by atoms with E-state index in [2.05, 4.69) is 15.6 Å². The SMILES string of the molecule is Cc1cc(C#N)cnc1C(=O)NC1=CC=C(F)C([C@@]2(C)NC(=N)N(C)S(=O)(=O)C23CC3)C1C. The zero-order valence-electron chi connectivity index (χ0n) is 18.7. The molecule has 1 amide bonds. The van der Waals surface area contributed by atoms with Crippen LogP contribution in [0.2, 0.25) is 0 Å². The Hall–Kier alpha value is -3.26. The second-order valence-corrected chi connectivity index (χ2v) is 11.3. The molecule has 0 radical (unpaired) electrons. The molecule has 0 bridgehead atoms. The highest BCUT2D eigenvalue weighted by atomic mass is 32.2. The number of nitrogens with one attached hydrogen (secondary N) is 3. The normalized spacial score (nSPS) is 29.5. The molecule has 1 spiro atoms. The highest BCUT2D eigenvalue weighted by Gasteiger charge is 2.73. The van der Waals surface area contributed by atoms with Gasteiger partial charge in [-0.25, -0.2) is 22.1 Å². The van der Waals surface area contributed by atoms with Gasteiger partial charge < -0.3 is 10.6 Å². The molecule has 1 saturated carbocycles. The molecular weight excluding hydrogens is 447 g/mol. The fourth-order valence-corrected chi connectivity index (χ4v) is 7.32. The predicted molar refractivity (Wildman–Crippen MR) is 119 cm³/mol. The number of sulfonamides is 1. The summed E-state index contributed by atoms with van der Waals surface area (Å²) in [4.78, 5) is 17.0. The van der Waals surface area contributed by atoms with Crippen molar-refractivity contribution in [1.82, 2.24) is 19.9 Å². The lowest BCUT2D eigenvalue weighted by atomic mass is 9.70. The molecule has 9 nitrogen and oxygen atoms in total. The van der Waals surface area contributed by atoms with Gasteiger partial charge in [-0.05, 0) is 50.5 Å². The number of hydrogen-bond acceptors (Lipinski definition) is 6. The molecule has 3 aliphatic rings. The van der Waals surface area contributed by atoms with Crippen molar-refractivity contribution in [3.63, 3.8) is 0 Å². The average Bonchev–Trinajstić information content (AvgIpc) is 3.57. The molecule has 1 aliphatic heterocycles. The van der Waals surface area contributed by atoms with Gasteiger partial charge in [-0.2, -0.15) is 5.26 Å². The summed E-state index contributed by atoms with van der Waals surface area (Å²) in [5.41, 5.74) is 0.120. The number of aromatic nitrogens is 1. The molecule has 1 aromatic rings. The van der Waals surface area contributed by atoms with Crippen LogP contribution in [0.5, 0.6) is 0 Å². The Morgan fingerprint density at radius 2 is 2.09 bits per heavy atom. The Morgan fingerprint density at radius 3 is 2.67 bits per heavy atom. The zero-order valence-corrected chi connectivity index (χ0v) is 19.5. The molecule has 0 aromatic carbocycles. The molecule has 2 fully saturated rings. The highest BCUT2D eigenvalue weighted by molar-refractivity contribution is 7.91. The van der Waals surface area contributed by atoms with Crippen molar-refractivity contribution < 1.29 is 17.6 Å². The number of carbonyl (C=O) groups is 1. The van der Waals surface area contributed by atoms with Gasteiger partial charge in [0, 0.05) is 30.8 Å². The quantitative estimate of drug-likeness (QED) is 0.616. The van der Waals surface area contributed by atoms with Crippen molar-refractivity contribution >= 4 is 21.9 Å². The van der Waals surface area contributed by atoms with Crippen molar-refractivity contribution in [2.24, 2.45) is 11.8 Å². The number of rotatable bonds is 3. The number of nitrogens with zero attached hydrogens (tertiary/aromatic N) is 3. The van der Waals surface area contributed by atoms with Gasteiger partial charge in [0.05, 0.1) is 11.1 Å². The van der Waals surface area contributed by atoms with Crippen LogP contribution in [-0.4, -0.2) is 46.9 Å². The smallest absolute Gasteiger partial charge is 0.274 e. The Bertz CT molecular complexity index is 1280. The van der Waals surface area contributed by atoms with E-state index >= 15 is 4.39 Å². The van der Waals surface area contributed by atoms with E-state index in [-0.39, 0.29) is 11.7 Å². The third kappa shape index (κ3) is 3.15. The van der Waals surface area contributed by atoms with E-state index < -0.39 is 43.9 Å². The van der Waals surface area contributed by atoms with Gasteiger partial charge in [-0.3, -0.25) is 10.2 Å². The standard InChI is InChI=1S/C22H25FN6O3S/c1-12-9-14(10-24)11-26-18(12)19(30)27-16-6-5-15(23)17(13(16)2)21(3)22(7-8-22)33(31,32)29(4)20(25)28-21/h5-6,9,11,13,17H,7-8H2,1-4H3,(H2,25,28)(H,27,30)/t13?,17?,21-/m1/s1. The third-order valence-corrected chi connectivity index (χ3v) is 9.93. The van der Waals surface area contributed by atoms with Gasteiger partial charge in [0.1, 0.15) is 22.3 Å². The minimum Gasteiger partial charge on any atom is -0.348 e. The van der Waals surface area contributed by atoms with E-state index in [0.717, 1.165) is 4.31 Å². The largest absolute Gasteiger partial charge is 0.348 e. The van der Waals surface area contributed by atoms with Crippen molar-refractivity contribution in [2.45, 2.75) is 43.9 Å². The number of hydrogen-bond donors (Lipinski definition) is 3. The lowest BCUT2D eigenvalue weighted by Gasteiger charge is -2.52. The van der Waals surface area contributed by atoms with E-state index in [1.807, 2.05) is 6.07 Å². The Balaban J connectivity index is 1.66. The van der Waals surface area contributed by atoms with E-state index in [9.17, 15) is 13.2 Å². The van der Waals surface area contributed by atoms with E-state index in [4.69, 9.17) is 10.7 Å². The van der Waals surface area contributed by atoms with Crippen molar-refractivity contribution in [1.29, 1.82) is 10.7 Å². The van der Waals surface area contributed by atoms with Crippen LogP contribution in [0.4, 0.5) is 4.39 Å². The first-order chi connectivity index (χ1) is 15.4. The highest BCUT2D eigenvalue weighted by Crippen LogP contribution is 2.60. The number of guanidine groups is 1.